The van der Waals surface area contributed by atoms with Crippen molar-refractivity contribution in [1.82, 2.24) is 15.6 Å². The Balaban J connectivity index is 1.71. The van der Waals surface area contributed by atoms with E-state index in [1.807, 2.05) is 0 Å². The van der Waals surface area contributed by atoms with Crippen molar-refractivity contribution < 1.29 is 14.3 Å². The molecule has 130 valence electrons. The molecule has 1 heterocycles. The molecule has 0 bridgehead atoms. The number of benzene rings is 1. The molecule has 0 radical (unpaired) electrons. The van der Waals surface area contributed by atoms with Gasteiger partial charge in [0.25, 0.3) is 0 Å². The molecule has 9 heteroatoms. The Morgan fingerprint density at radius 3 is 2.71 bits per heavy atom. The van der Waals surface area contributed by atoms with Crippen molar-refractivity contribution in [1.29, 1.82) is 0 Å². The highest BCUT2D eigenvalue weighted by Gasteiger charge is 2.14. The minimum Gasteiger partial charge on any atom is -0.379 e. The summed E-state index contributed by atoms with van der Waals surface area (Å²) in [5, 5.41) is 7.16. The molecule has 1 aromatic rings. The monoisotopic (exact) mass is 372 g/mol. The van der Waals surface area contributed by atoms with Gasteiger partial charge in [0.2, 0.25) is 0 Å². The lowest BCUT2D eigenvalue weighted by molar-refractivity contribution is -0.139. The lowest BCUT2D eigenvalue weighted by atomic mass is 10.2. The Hall–Kier alpha value is -1.67. The summed E-state index contributed by atoms with van der Waals surface area (Å²) in [6, 6.07) is 4.86. The van der Waals surface area contributed by atoms with Gasteiger partial charge in [-0.2, -0.15) is 5.10 Å². The number of rotatable bonds is 5. The van der Waals surface area contributed by atoms with Crippen molar-refractivity contribution in [3.8, 4) is 0 Å². The van der Waals surface area contributed by atoms with Gasteiger partial charge in [-0.15, -0.1) is 0 Å². The molecular weight excluding hydrogens is 355 g/mol. The van der Waals surface area contributed by atoms with E-state index in [2.05, 4.69) is 20.7 Å². The highest BCUT2D eigenvalue weighted by Crippen LogP contribution is 2.19. The van der Waals surface area contributed by atoms with Gasteiger partial charge in [-0.05, 0) is 12.1 Å². The number of halogens is 2. The normalized spacial score (nSPS) is 15.4. The number of amides is 2. The summed E-state index contributed by atoms with van der Waals surface area (Å²) in [4.78, 5) is 25.4. The number of nitrogens with one attached hydrogen (secondary N) is 2. The van der Waals surface area contributed by atoms with Crippen molar-refractivity contribution >= 4 is 41.2 Å². The first-order chi connectivity index (χ1) is 11.6. The Morgan fingerprint density at radius 2 is 2.00 bits per heavy atom. The predicted molar refractivity (Wildman–Crippen MR) is 92.5 cm³/mol. The molecule has 2 rings (SSSR count). The van der Waals surface area contributed by atoms with Crippen LogP contribution in [-0.2, 0) is 14.3 Å². The summed E-state index contributed by atoms with van der Waals surface area (Å²) in [6.07, 6.45) is 1.34. The van der Waals surface area contributed by atoms with Crippen LogP contribution in [-0.4, -0.2) is 62.3 Å². The molecule has 1 aromatic carbocycles. The number of hydrogen-bond donors (Lipinski definition) is 2. The van der Waals surface area contributed by atoms with Crippen molar-refractivity contribution in [3.63, 3.8) is 0 Å². The lowest BCUT2D eigenvalue weighted by Crippen LogP contribution is -2.44. The van der Waals surface area contributed by atoms with Gasteiger partial charge < -0.3 is 10.1 Å². The third-order valence-electron chi connectivity index (χ3n) is 3.36. The topological polar surface area (TPSA) is 83.0 Å². The molecule has 2 amide bonds. The second-order valence-electron chi connectivity index (χ2n) is 5.07. The summed E-state index contributed by atoms with van der Waals surface area (Å²) >= 11 is 11.8. The molecular formula is C15H18Cl2N4O3. The van der Waals surface area contributed by atoms with Gasteiger partial charge in [0.1, 0.15) is 0 Å². The van der Waals surface area contributed by atoms with Gasteiger partial charge in [0.15, 0.2) is 0 Å². The fourth-order valence-electron chi connectivity index (χ4n) is 2.05. The molecule has 1 aliphatic rings. The second-order valence-corrected chi connectivity index (χ2v) is 5.92. The van der Waals surface area contributed by atoms with Crippen LogP contribution >= 0.6 is 23.2 Å². The van der Waals surface area contributed by atoms with E-state index in [4.69, 9.17) is 27.9 Å². The summed E-state index contributed by atoms with van der Waals surface area (Å²) in [7, 11) is 0. The van der Waals surface area contributed by atoms with Crippen LogP contribution < -0.4 is 10.7 Å². The van der Waals surface area contributed by atoms with Crippen LogP contribution in [0, 0.1) is 0 Å². The fraction of sp³-hybridized carbons (Fsp3) is 0.400. The predicted octanol–water partition coefficient (Wildman–Crippen LogP) is 0.892. The average Bonchev–Trinajstić information content (AvgIpc) is 2.57. The molecule has 0 atom stereocenters. The maximum atomic E-state index is 11.7. The molecule has 1 fully saturated rings. The maximum absolute atomic E-state index is 11.7. The zero-order valence-corrected chi connectivity index (χ0v) is 14.4. The van der Waals surface area contributed by atoms with E-state index >= 15 is 0 Å². The van der Waals surface area contributed by atoms with Gasteiger partial charge >= 0.3 is 11.8 Å². The summed E-state index contributed by atoms with van der Waals surface area (Å²) in [5.41, 5.74) is 2.73. The number of hydrazone groups is 1. The van der Waals surface area contributed by atoms with Crippen LogP contribution in [0.4, 0.5) is 0 Å². The van der Waals surface area contributed by atoms with E-state index < -0.39 is 11.8 Å². The van der Waals surface area contributed by atoms with E-state index in [1.54, 1.807) is 18.2 Å². The summed E-state index contributed by atoms with van der Waals surface area (Å²) in [5.74, 6) is -1.57. The van der Waals surface area contributed by atoms with E-state index in [0.29, 0.717) is 41.9 Å². The average molecular weight is 373 g/mol. The van der Waals surface area contributed by atoms with Gasteiger partial charge in [-0.3, -0.25) is 14.5 Å². The molecule has 0 unspecified atom stereocenters. The fourth-order valence-corrected chi connectivity index (χ4v) is 2.51. The molecule has 0 aliphatic carbocycles. The Bertz CT molecular complexity index is 619. The highest BCUT2D eigenvalue weighted by atomic mass is 35.5. The Morgan fingerprint density at radius 1 is 1.25 bits per heavy atom. The zero-order chi connectivity index (χ0) is 17.4. The number of nitrogens with zero attached hydrogens (tertiary/aromatic N) is 2. The van der Waals surface area contributed by atoms with Gasteiger partial charge in [0.05, 0.1) is 24.5 Å². The smallest absolute Gasteiger partial charge is 0.329 e. The summed E-state index contributed by atoms with van der Waals surface area (Å²) in [6.45, 7) is 4.10. The minimum atomic E-state index is -0.835. The van der Waals surface area contributed by atoms with Crippen LogP contribution in [0.3, 0.4) is 0 Å². The van der Waals surface area contributed by atoms with Crippen LogP contribution in [0.2, 0.25) is 10.0 Å². The molecule has 1 saturated heterocycles. The van der Waals surface area contributed by atoms with E-state index in [0.717, 1.165) is 13.1 Å². The SMILES string of the molecule is O=C(NCCN1CCOCC1)C(=O)N/N=C\c1ccc(Cl)cc1Cl. The lowest BCUT2D eigenvalue weighted by Gasteiger charge is -2.26. The quantitative estimate of drug-likeness (QED) is 0.456. The Labute approximate surface area is 149 Å². The van der Waals surface area contributed by atoms with Crippen molar-refractivity contribution in [2.75, 3.05) is 39.4 Å². The first-order valence-corrected chi connectivity index (χ1v) is 8.18. The Kier molecular flexibility index (Phi) is 7.45. The standard InChI is InChI=1S/C15H18Cl2N4O3/c16-12-2-1-11(13(17)9-12)10-19-20-15(23)14(22)18-3-4-21-5-7-24-8-6-21/h1-2,9-10H,3-8H2,(H,18,22)(H,20,23)/b19-10-. The van der Waals surface area contributed by atoms with Crippen molar-refractivity contribution in [2.24, 2.45) is 5.10 Å². The molecule has 7 nitrogen and oxygen atoms in total. The summed E-state index contributed by atoms with van der Waals surface area (Å²) < 4.78 is 5.24. The van der Waals surface area contributed by atoms with Gasteiger partial charge in [-0.1, -0.05) is 29.3 Å². The minimum absolute atomic E-state index is 0.388. The molecule has 0 spiro atoms. The van der Waals surface area contributed by atoms with E-state index in [9.17, 15) is 9.59 Å². The molecule has 2 N–H and O–H groups in total. The van der Waals surface area contributed by atoms with E-state index in [1.165, 1.54) is 6.21 Å². The van der Waals surface area contributed by atoms with Crippen LogP contribution in [0.15, 0.2) is 23.3 Å². The first kappa shape index (κ1) is 18.7. The van der Waals surface area contributed by atoms with Crippen LogP contribution in [0.1, 0.15) is 5.56 Å². The van der Waals surface area contributed by atoms with Crippen molar-refractivity contribution in [3.05, 3.63) is 33.8 Å². The number of carbonyl (C=O) groups excluding carboxylic acids is 2. The van der Waals surface area contributed by atoms with Gasteiger partial charge in [0, 0.05) is 36.8 Å². The number of morpholine rings is 1. The second kappa shape index (κ2) is 9.58. The number of carbonyl (C=O) groups is 2. The third kappa shape index (κ3) is 6.09. The number of hydrogen-bond acceptors (Lipinski definition) is 5. The van der Waals surface area contributed by atoms with Crippen LogP contribution in [0.5, 0.6) is 0 Å². The van der Waals surface area contributed by atoms with Crippen molar-refractivity contribution in [2.45, 2.75) is 0 Å². The molecule has 0 saturated carbocycles. The van der Waals surface area contributed by atoms with Crippen LogP contribution in [0.25, 0.3) is 0 Å². The molecule has 0 aromatic heterocycles. The molecule has 24 heavy (non-hydrogen) atoms. The van der Waals surface area contributed by atoms with Gasteiger partial charge in [-0.25, -0.2) is 5.43 Å². The zero-order valence-electron chi connectivity index (χ0n) is 12.9. The van der Waals surface area contributed by atoms with E-state index in [-0.39, 0.29) is 0 Å². The first-order valence-electron chi connectivity index (χ1n) is 7.42. The maximum Gasteiger partial charge on any atom is 0.329 e. The highest BCUT2D eigenvalue weighted by molar-refractivity contribution is 6.36. The third-order valence-corrected chi connectivity index (χ3v) is 3.92. The largest absolute Gasteiger partial charge is 0.379 e. The number of ether oxygens (including phenoxy) is 1. The molecule has 1 aliphatic heterocycles.